The van der Waals surface area contributed by atoms with Gasteiger partial charge in [-0.2, -0.15) is 0 Å². The van der Waals surface area contributed by atoms with Gasteiger partial charge >= 0.3 is 0 Å². The molecule has 1 aliphatic rings. The van der Waals surface area contributed by atoms with E-state index in [-0.39, 0.29) is 17.7 Å². The summed E-state index contributed by atoms with van der Waals surface area (Å²) in [4.78, 5) is 28.9. The molecule has 0 atom stereocenters. The van der Waals surface area contributed by atoms with Gasteiger partial charge in [0.25, 0.3) is 0 Å². The number of pyridine rings is 1. The molecule has 1 saturated heterocycles. The first-order valence-electron chi connectivity index (χ1n) is 6.63. The maximum Gasteiger partial charge on any atom is 0.222 e. The molecule has 2 amide bonds. The van der Waals surface area contributed by atoms with Crippen LogP contribution in [0.4, 0.5) is 0 Å². The number of primary amides is 1. The number of aromatic nitrogens is 1. The zero-order valence-corrected chi connectivity index (χ0v) is 10.9. The molecule has 0 aliphatic carbocycles. The monoisotopic (exact) mass is 261 g/mol. The predicted molar refractivity (Wildman–Crippen MR) is 71.1 cm³/mol. The van der Waals surface area contributed by atoms with Crippen LogP contribution < -0.4 is 5.73 Å². The molecule has 1 aliphatic heterocycles. The number of aryl methyl sites for hydroxylation is 1. The highest BCUT2D eigenvalue weighted by Gasteiger charge is 2.25. The van der Waals surface area contributed by atoms with Crippen molar-refractivity contribution in [2.75, 3.05) is 13.1 Å². The molecule has 0 saturated carbocycles. The van der Waals surface area contributed by atoms with Crippen molar-refractivity contribution in [2.24, 2.45) is 11.7 Å². The topological polar surface area (TPSA) is 76.3 Å². The maximum atomic E-state index is 12.0. The molecular weight excluding hydrogens is 242 g/mol. The maximum absolute atomic E-state index is 12.0. The average molecular weight is 261 g/mol. The minimum Gasteiger partial charge on any atom is -0.369 e. The molecule has 102 valence electrons. The molecule has 19 heavy (non-hydrogen) atoms. The van der Waals surface area contributed by atoms with Gasteiger partial charge in [0.1, 0.15) is 0 Å². The van der Waals surface area contributed by atoms with Gasteiger partial charge < -0.3 is 10.6 Å². The fraction of sp³-hybridized carbons (Fsp3) is 0.500. The Hall–Kier alpha value is -1.91. The molecule has 2 rings (SSSR count). The van der Waals surface area contributed by atoms with Gasteiger partial charge in [-0.3, -0.25) is 14.6 Å². The summed E-state index contributed by atoms with van der Waals surface area (Å²) in [5.74, 6) is -0.159. The summed E-state index contributed by atoms with van der Waals surface area (Å²) in [6.45, 7) is 1.28. The standard InChI is InChI=1S/C14H19N3O2/c15-14(19)12-5-9-17(10-6-12)13(18)2-1-11-3-7-16-8-4-11/h3-4,7-8,12H,1-2,5-6,9-10H2,(H2,15,19). The quantitative estimate of drug-likeness (QED) is 0.868. The van der Waals surface area contributed by atoms with Crippen LogP contribution in [-0.4, -0.2) is 34.8 Å². The first-order chi connectivity index (χ1) is 9.16. The second-order valence-electron chi connectivity index (χ2n) is 4.91. The number of piperidine rings is 1. The van der Waals surface area contributed by atoms with E-state index in [2.05, 4.69) is 4.98 Å². The molecule has 5 heteroatoms. The first kappa shape index (κ1) is 13.5. The van der Waals surface area contributed by atoms with E-state index in [1.54, 1.807) is 12.4 Å². The lowest BCUT2D eigenvalue weighted by Crippen LogP contribution is -2.41. The van der Waals surface area contributed by atoms with Crippen LogP contribution in [0.5, 0.6) is 0 Å². The third kappa shape index (κ3) is 3.77. The molecule has 5 nitrogen and oxygen atoms in total. The van der Waals surface area contributed by atoms with Crippen LogP contribution in [0.3, 0.4) is 0 Å². The number of hydrogen-bond acceptors (Lipinski definition) is 3. The highest BCUT2D eigenvalue weighted by Crippen LogP contribution is 2.17. The second-order valence-corrected chi connectivity index (χ2v) is 4.91. The molecule has 2 N–H and O–H groups in total. The molecule has 2 heterocycles. The van der Waals surface area contributed by atoms with Crippen molar-refractivity contribution in [2.45, 2.75) is 25.7 Å². The minimum absolute atomic E-state index is 0.0655. The van der Waals surface area contributed by atoms with Gasteiger partial charge in [0, 0.05) is 37.8 Å². The molecule has 1 fully saturated rings. The van der Waals surface area contributed by atoms with Crippen molar-refractivity contribution in [3.63, 3.8) is 0 Å². The zero-order chi connectivity index (χ0) is 13.7. The highest BCUT2D eigenvalue weighted by atomic mass is 16.2. The smallest absolute Gasteiger partial charge is 0.222 e. The molecule has 1 aromatic rings. The summed E-state index contributed by atoms with van der Waals surface area (Å²) in [5, 5.41) is 0. The number of likely N-dealkylation sites (tertiary alicyclic amines) is 1. The lowest BCUT2D eigenvalue weighted by Gasteiger charge is -2.30. The Labute approximate surface area is 112 Å². The van der Waals surface area contributed by atoms with Gasteiger partial charge in [-0.15, -0.1) is 0 Å². The van der Waals surface area contributed by atoms with E-state index in [0.717, 1.165) is 12.0 Å². The van der Waals surface area contributed by atoms with Gasteiger partial charge in [-0.25, -0.2) is 0 Å². The minimum atomic E-state index is -0.246. The van der Waals surface area contributed by atoms with E-state index in [4.69, 9.17) is 5.73 Å². The van der Waals surface area contributed by atoms with Crippen LogP contribution in [0, 0.1) is 5.92 Å². The summed E-state index contributed by atoms with van der Waals surface area (Å²) < 4.78 is 0. The van der Waals surface area contributed by atoms with E-state index in [0.29, 0.717) is 32.4 Å². The number of nitrogens with two attached hydrogens (primary N) is 1. The second kappa shape index (κ2) is 6.31. The van der Waals surface area contributed by atoms with E-state index in [9.17, 15) is 9.59 Å². The summed E-state index contributed by atoms with van der Waals surface area (Å²) in [6, 6.07) is 3.85. The molecule has 0 spiro atoms. The molecular formula is C14H19N3O2. The van der Waals surface area contributed by atoms with E-state index in [1.165, 1.54) is 0 Å². The average Bonchev–Trinajstić information content (AvgIpc) is 2.46. The van der Waals surface area contributed by atoms with E-state index < -0.39 is 0 Å². The Kier molecular flexibility index (Phi) is 4.49. The molecule has 0 radical (unpaired) electrons. The van der Waals surface area contributed by atoms with Crippen LogP contribution in [-0.2, 0) is 16.0 Å². The Balaban J connectivity index is 1.77. The van der Waals surface area contributed by atoms with Gasteiger partial charge in [0.15, 0.2) is 0 Å². The van der Waals surface area contributed by atoms with Crippen molar-refractivity contribution >= 4 is 11.8 Å². The molecule has 0 aromatic carbocycles. The normalized spacial score (nSPS) is 16.3. The zero-order valence-electron chi connectivity index (χ0n) is 10.9. The van der Waals surface area contributed by atoms with Crippen molar-refractivity contribution in [1.29, 1.82) is 0 Å². The van der Waals surface area contributed by atoms with Crippen LogP contribution in [0.25, 0.3) is 0 Å². The number of hydrogen-bond donors (Lipinski definition) is 1. The summed E-state index contributed by atoms with van der Waals surface area (Å²) >= 11 is 0. The van der Waals surface area contributed by atoms with Gasteiger partial charge in [0.2, 0.25) is 11.8 Å². The number of rotatable bonds is 4. The van der Waals surface area contributed by atoms with Gasteiger partial charge in [-0.05, 0) is 37.0 Å². The van der Waals surface area contributed by atoms with Crippen molar-refractivity contribution in [3.05, 3.63) is 30.1 Å². The van der Waals surface area contributed by atoms with Crippen molar-refractivity contribution in [3.8, 4) is 0 Å². The summed E-state index contributed by atoms with van der Waals surface area (Å²) in [7, 11) is 0. The molecule has 0 unspecified atom stereocenters. The predicted octanol–water partition coefficient (Wildman–Crippen LogP) is 0.738. The Morgan fingerprint density at radius 2 is 1.89 bits per heavy atom. The fourth-order valence-electron chi connectivity index (χ4n) is 2.37. The fourth-order valence-corrected chi connectivity index (χ4v) is 2.37. The van der Waals surface area contributed by atoms with Crippen molar-refractivity contribution < 1.29 is 9.59 Å². The largest absolute Gasteiger partial charge is 0.369 e. The van der Waals surface area contributed by atoms with E-state index in [1.807, 2.05) is 17.0 Å². The lowest BCUT2D eigenvalue weighted by molar-refractivity contribution is -0.134. The SMILES string of the molecule is NC(=O)C1CCN(C(=O)CCc2ccncc2)CC1. The van der Waals surface area contributed by atoms with Crippen LogP contribution in [0.1, 0.15) is 24.8 Å². The third-order valence-corrected chi connectivity index (χ3v) is 3.63. The lowest BCUT2D eigenvalue weighted by atomic mass is 9.96. The number of carbonyl (C=O) groups excluding carboxylic acids is 2. The number of nitrogens with zero attached hydrogens (tertiary/aromatic N) is 2. The molecule has 0 bridgehead atoms. The van der Waals surface area contributed by atoms with Crippen molar-refractivity contribution in [1.82, 2.24) is 9.88 Å². The van der Waals surface area contributed by atoms with E-state index >= 15 is 0 Å². The van der Waals surface area contributed by atoms with Crippen LogP contribution in [0.15, 0.2) is 24.5 Å². The highest BCUT2D eigenvalue weighted by molar-refractivity contribution is 5.79. The Morgan fingerprint density at radius 3 is 2.47 bits per heavy atom. The number of amides is 2. The summed E-state index contributed by atoms with van der Waals surface area (Å²) in [6.07, 6.45) is 6.09. The van der Waals surface area contributed by atoms with Crippen LogP contribution >= 0.6 is 0 Å². The van der Waals surface area contributed by atoms with Gasteiger partial charge in [-0.1, -0.05) is 0 Å². The first-order valence-corrected chi connectivity index (χ1v) is 6.63. The van der Waals surface area contributed by atoms with Gasteiger partial charge in [0.05, 0.1) is 0 Å². The summed E-state index contributed by atoms with van der Waals surface area (Å²) in [5.41, 5.74) is 6.40. The third-order valence-electron chi connectivity index (χ3n) is 3.63. The number of carbonyl (C=O) groups is 2. The Morgan fingerprint density at radius 1 is 1.26 bits per heavy atom. The van der Waals surface area contributed by atoms with Crippen LogP contribution in [0.2, 0.25) is 0 Å². The molecule has 1 aromatic heterocycles. The Bertz CT molecular complexity index is 439.